The molecule has 0 aliphatic carbocycles. The highest BCUT2D eigenvalue weighted by atomic mass is 16.3. The first-order valence-corrected chi connectivity index (χ1v) is 8.68. The molecule has 1 aromatic heterocycles. The molecule has 1 atom stereocenters. The maximum absolute atomic E-state index is 10.8. The van der Waals surface area contributed by atoms with Crippen molar-refractivity contribution in [3.8, 4) is 16.9 Å². The Morgan fingerprint density at radius 3 is 2.28 bits per heavy atom. The molecule has 130 valence electrons. The molecule has 0 spiro atoms. The third kappa shape index (κ3) is 4.16. The molecule has 4 heteroatoms. The smallest absolute Gasteiger partial charge is 0.0827 e. The molecule has 3 rings (SSSR count). The summed E-state index contributed by atoms with van der Waals surface area (Å²) in [6, 6.07) is 20.2. The Bertz CT molecular complexity index is 781. The second-order valence-corrected chi connectivity index (χ2v) is 6.52. The molecule has 1 heterocycles. The third-order valence-electron chi connectivity index (χ3n) is 4.29. The molecule has 25 heavy (non-hydrogen) atoms. The fraction of sp³-hybridized carbons (Fsp3) is 0.286. The summed E-state index contributed by atoms with van der Waals surface area (Å²) in [5.41, 5.74) is 3.90. The van der Waals surface area contributed by atoms with Gasteiger partial charge >= 0.3 is 0 Å². The zero-order valence-corrected chi connectivity index (χ0v) is 14.8. The highest BCUT2D eigenvalue weighted by molar-refractivity contribution is 5.66. The van der Waals surface area contributed by atoms with Gasteiger partial charge in [0.2, 0.25) is 0 Å². The lowest BCUT2D eigenvalue weighted by Gasteiger charge is -2.15. The van der Waals surface area contributed by atoms with Crippen LogP contribution < -0.4 is 0 Å². The Balaban J connectivity index is 1.97. The van der Waals surface area contributed by atoms with E-state index in [9.17, 15) is 5.11 Å². The number of hydrogen-bond donors (Lipinski definition) is 1. The quantitative estimate of drug-likeness (QED) is 0.711. The van der Waals surface area contributed by atoms with Crippen molar-refractivity contribution in [1.29, 1.82) is 0 Å². The number of aliphatic hydroxyl groups is 1. The van der Waals surface area contributed by atoms with E-state index < -0.39 is 6.10 Å². The first-order chi connectivity index (χ1) is 12.2. The highest BCUT2D eigenvalue weighted by Crippen LogP contribution is 2.32. The molecule has 0 saturated heterocycles. The second kappa shape index (κ2) is 8.10. The summed E-state index contributed by atoms with van der Waals surface area (Å²) in [7, 11) is 4.10. The van der Waals surface area contributed by atoms with Crippen LogP contribution in [0.2, 0.25) is 0 Å². The van der Waals surface area contributed by atoms with Crippen LogP contribution in [0.1, 0.15) is 24.5 Å². The van der Waals surface area contributed by atoms with Crippen molar-refractivity contribution >= 4 is 0 Å². The molecule has 0 saturated carbocycles. The summed E-state index contributed by atoms with van der Waals surface area (Å²) in [5.74, 6) is 0. The topological polar surface area (TPSA) is 41.3 Å². The summed E-state index contributed by atoms with van der Waals surface area (Å²) in [6.45, 7) is 0.963. The van der Waals surface area contributed by atoms with Gasteiger partial charge in [0, 0.05) is 11.1 Å². The van der Waals surface area contributed by atoms with Crippen LogP contribution in [-0.4, -0.2) is 40.4 Å². The molecule has 1 N–H and O–H groups in total. The van der Waals surface area contributed by atoms with E-state index in [-0.39, 0.29) is 0 Å². The normalized spacial score (nSPS) is 12.5. The van der Waals surface area contributed by atoms with E-state index in [2.05, 4.69) is 36.2 Å². The van der Waals surface area contributed by atoms with Gasteiger partial charge in [0.15, 0.2) is 0 Å². The summed E-state index contributed by atoms with van der Waals surface area (Å²) in [5, 5.41) is 15.3. The van der Waals surface area contributed by atoms with Crippen LogP contribution in [0.15, 0.2) is 66.9 Å². The standard InChI is InChI=1S/C21H25N3O/c1-23(2)15-9-14-20(25)19-16-22-24(18-12-7-4-8-13-18)21(19)17-10-5-3-6-11-17/h3-8,10-13,16,20,25H,9,14-15H2,1-2H3. The maximum Gasteiger partial charge on any atom is 0.0827 e. The Morgan fingerprint density at radius 1 is 1.00 bits per heavy atom. The predicted octanol–water partition coefficient (Wildman–Crippen LogP) is 3.91. The largest absolute Gasteiger partial charge is 0.388 e. The third-order valence-corrected chi connectivity index (χ3v) is 4.29. The lowest BCUT2D eigenvalue weighted by atomic mass is 10.0. The lowest BCUT2D eigenvalue weighted by molar-refractivity contribution is 0.161. The number of hydrogen-bond acceptors (Lipinski definition) is 3. The molecule has 0 amide bonds. The number of benzene rings is 2. The van der Waals surface area contributed by atoms with Gasteiger partial charge in [-0.15, -0.1) is 0 Å². The van der Waals surface area contributed by atoms with E-state index in [4.69, 9.17) is 0 Å². The fourth-order valence-electron chi connectivity index (χ4n) is 3.01. The highest BCUT2D eigenvalue weighted by Gasteiger charge is 2.20. The van der Waals surface area contributed by atoms with Crippen LogP contribution in [0, 0.1) is 0 Å². The van der Waals surface area contributed by atoms with Gasteiger partial charge in [-0.2, -0.15) is 5.10 Å². The Labute approximate surface area is 149 Å². The summed E-state index contributed by atoms with van der Waals surface area (Å²) in [6.07, 6.45) is 2.94. The van der Waals surface area contributed by atoms with Crippen LogP contribution in [-0.2, 0) is 0 Å². The number of para-hydroxylation sites is 1. The molecule has 0 bridgehead atoms. The van der Waals surface area contributed by atoms with Gasteiger partial charge in [-0.05, 0) is 45.6 Å². The van der Waals surface area contributed by atoms with Crippen molar-refractivity contribution in [2.75, 3.05) is 20.6 Å². The molecule has 3 aromatic rings. The molecular weight excluding hydrogens is 310 g/mol. The van der Waals surface area contributed by atoms with Crippen molar-refractivity contribution in [2.24, 2.45) is 0 Å². The number of rotatable bonds is 7. The molecule has 0 aliphatic rings. The fourth-order valence-corrected chi connectivity index (χ4v) is 3.01. The van der Waals surface area contributed by atoms with Crippen LogP contribution >= 0.6 is 0 Å². The van der Waals surface area contributed by atoms with E-state index in [1.165, 1.54) is 0 Å². The number of nitrogens with zero attached hydrogens (tertiary/aromatic N) is 3. The van der Waals surface area contributed by atoms with E-state index in [0.29, 0.717) is 0 Å². The van der Waals surface area contributed by atoms with Gasteiger partial charge in [-0.1, -0.05) is 48.5 Å². The van der Waals surface area contributed by atoms with E-state index in [0.717, 1.165) is 41.9 Å². The van der Waals surface area contributed by atoms with E-state index >= 15 is 0 Å². The minimum absolute atomic E-state index is 0.521. The number of aliphatic hydroxyl groups excluding tert-OH is 1. The average molecular weight is 335 g/mol. The zero-order valence-electron chi connectivity index (χ0n) is 14.8. The molecule has 0 aliphatic heterocycles. The Morgan fingerprint density at radius 2 is 1.64 bits per heavy atom. The molecule has 4 nitrogen and oxygen atoms in total. The summed E-state index contributed by atoms with van der Waals surface area (Å²) < 4.78 is 1.92. The van der Waals surface area contributed by atoms with Crippen LogP contribution in [0.4, 0.5) is 0 Å². The van der Waals surface area contributed by atoms with Gasteiger partial charge < -0.3 is 10.0 Å². The van der Waals surface area contributed by atoms with Crippen LogP contribution in [0.5, 0.6) is 0 Å². The van der Waals surface area contributed by atoms with Gasteiger partial charge in [-0.3, -0.25) is 0 Å². The lowest BCUT2D eigenvalue weighted by Crippen LogP contribution is -2.14. The van der Waals surface area contributed by atoms with E-state index in [1.54, 1.807) is 6.20 Å². The monoisotopic (exact) mass is 335 g/mol. The van der Waals surface area contributed by atoms with Gasteiger partial charge in [0.1, 0.15) is 0 Å². The van der Waals surface area contributed by atoms with Gasteiger partial charge in [-0.25, -0.2) is 4.68 Å². The SMILES string of the molecule is CN(C)CCCC(O)c1cnn(-c2ccccc2)c1-c1ccccc1. The van der Waals surface area contributed by atoms with Crippen molar-refractivity contribution in [3.63, 3.8) is 0 Å². The van der Waals surface area contributed by atoms with Crippen molar-refractivity contribution in [1.82, 2.24) is 14.7 Å². The van der Waals surface area contributed by atoms with Crippen molar-refractivity contribution in [2.45, 2.75) is 18.9 Å². The zero-order chi connectivity index (χ0) is 17.6. The second-order valence-electron chi connectivity index (χ2n) is 6.52. The molecule has 1 unspecified atom stereocenters. The summed E-state index contributed by atoms with van der Waals surface area (Å²) in [4.78, 5) is 2.14. The first-order valence-electron chi connectivity index (χ1n) is 8.68. The minimum Gasteiger partial charge on any atom is -0.388 e. The molecule has 2 aromatic carbocycles. The van der Waals surface area contributed by atoms with E-state index in [1.807, 2.05) is 53.2 Å². The van der Waals surface area contributed by atoms with Crippen LogP contribution in [0.3, 0.4) is 0 Å². The predicted molar refractivity (Wildman–Crippen MR) is 102 cm³/mol. The Kier molecular flexibility index (Phi) is 5.64. The van der Waals surface area contributed by atoms with Crippen molar-refractivity contribution in [3.05, 3.63) is 72.4 Å². The van der Waals surface area contributed by atoms with Gasteiger partial charge in [0.25, 0.3) is 0 Å². The minimum atomic E-state index is -0.521. The summed E-state index contributed by atoms with van der Waals surface area (Å²) >= 11 is 0. The molecule has 0 fully saturated rings. The first kappa shape index (κ1) is 17.4. The maximum atomic E-state index is 10.8. The van der Waals surface area contributed by atoms with Crippen molar-refractivity contribution < 1.29 is 5.11 Å². The van der Waals surface area contributed by atoms with Gasteiger partial charge in [0.05, 0.1) is 23.7 Å². The molecule has 0 radical (unpaired) electrons. The number of aromatic nitrogens is 2. The average Bonchev–Trinajstić information content (AvgIpc) is 3.08. The Hall–Kier alpha value is -2.43. The molecular formula is C21H25N3O. The van der Waals surface area contributed by atoms with Crippen LogP contribution in [0.25, 0.3) is 16.9 Å².